The molecule has 1 saturated heterocycles. The lowest BCUT2D eigenvalue weighted by molar-refractivity contribution is -0.113. The Bertz CT molecular complexity index is 924. The second-order valence-electron chi connectivity index (χ2n) is 6.46. The molecule has 1 aliphatic rings. The van der Waals surface area contributed by atoms with E-state index in [1.54, 1.807) is 24.3 Å². The number of sulfonamides is 1. The molecule has 1 amide bonds. The summed E-state index contributed by atoms with van der Waals surface area (Å²) in [5.41, 5.74) is 8.74. The van der Waals surface area contributed by atoms with Crippen LogP contribution in [0.3, 0.4) is 0 Å². The van der Waals surface area contributed by atoms with Gasteiger partial charge in [-0.1, -0.05) is 42.0 Å². The van der Waals surface area contributed by atoms with Crippen LogP contribution >= 0.6 is 0 Å². The number of rotatable bonds is 5. The Morgan fingerprint density at radius 2 is 1.46 bits per heavy atom. The van der Waals surface area contributed by atoms with Gasteiger partial charge in [0.25, 0.3) is 0 Å². The van der Waals surface area contributed by atoms with Crippen molar-refractivity contribution >= 4 is 21.5 Å². The van der Waals surface area contributed by atoms with E-state index in [1.807, 2.05) is 31.2 Å². The van der Waals surface area contributed by atoms with Gasteiger partial charge in [-0.05, 0) is 48.6 Å². The van der Waals surface area contributed by atoms with Crippen LogP contribution in [0.15, 0.2) is 59.5 Å². The van der Waals surface area contributed by atoms with Crippen LogP contribution in [-0.4, -0.2) is 31.7 Å². The van der Waals surface area contributed by atoms with Gasteiger partial charge < -0.3 is 5.73 Å². The second-order valence-corrected chi connectivity index (χ2v) is 8.40. The normalized spacial score (nSPS) is 16.0. The van der Waals surface area contributed by atoms with E-state index in [0.717, 1.165) is 29.5 Å². The monoisotopic (exact) mass is 370 g/mol. The molecule has 2 N–H and O–H groups in total. The number of carbonyl (C=O) groups excluding carboxylic acids is 1. The van der Waals surface area contributed by atoms with Crippen LogP contribution in [-0.2, 0) is 14.8 Å². The lowest BCUT2D eigenvalue weighted by atomic mass is 9.97. The molecule has 1 heterocycles. The number of amides is 1. The summed E-state index contributed by atoms with van der Waals surface area (Å²) < 4.78 is 26.8. The fraction of sp³-hybridized carbons (Fsp3) is 0.250. The molecule has 6 heteroatoms. The van der Waals surface area contributed by atoms with Crippen molar-refractivity contribution in [2.75, 3.05) is 13.1 Å². The van der Waals surface area contributed by atoms with Crippen LogP contribution in [0.2, 0.25) is 0 Å². The van der Waals surface area contributed by atoms with Crippen molar-refractivity contribution in [3.8, 4) is 0 Å². The van der Waals surface area contributed by atoms with Crippen molar-refractivity contribution in [1.82, 2.24) is 4.31 Å². The number of nitrogens with two attached hydrogens (primary N) is 1. The number of aryl methyl sites for hydroxylation is 1. The van der Waals surface area contributed by atoms with E-state index in [9.17, 15) is 13.2 Å². The first-order chi connectivity index (χ1) is 12.4. The summed E-state index contributed by atoms with van der Waals surface area (Å²) >= 11 is 0. The molecule has 0 saturated carbocycles. The molecule has 1 aliphatic heterocycles. The highest BCUT2D eigenvalue weighted by atomic mass is 32.2. The van der Waals surface area contributed by atoms with E-state index in [1.165, 1.54) is 10.4 Å². The zero-order valence-electron chi connectivity index (χ0n) is 14.7. The van der Waals surface area contributed by atoms with E-state index in [4.69, 9.17) is 5.73 Å². The van der Waals surface area contributed by atoms with Crippen LogP contribution in [0.4, 0.5) is 0 Å². The largest absolute Gasteiger partial charge is 0.366 e. The van der Waals surface area contributed by atoms with Gasteiger partial charge in [-0.25, -0.2) is 8.42 Å². The molecule has 0 atom stereocenters. The van der Waals surface area contributed by atoms with Crippen molar-refractivity contribution in [1.29, 1.82) is 0 Å². The van der Waals surface area contributed by atoms with E-state index in [2.05, 4.69) is 0 Å². The predicted octanol–water partition coefficient (Wildman–Crippen LogP) is 2.70. The number of carbonyl (C=O) groups is 1. The number of hydrogen-bond donors (Lipinski definition) is 1. The smallest absolute Gasteiger partial charge is 0.243 e. The van der Waals surface area contributed by atoms with E-state index in [-0.39, 0.29) is 4.90 Å². The van der Waals surface area contributed by atoms with Gasteiger partial charge in [0.05, 0.1) is 4.90 Å². The molecule has 5 nitrogen and oxygen atoms in total. The third-order valence-corrected chi connectivity index (χ3v) is 6.43. The van der Waals surface area contributed by atoms with Crippen molar-refractivity contribution in [3.05, 3.63) is 71.3 Å². The van der Waals surface area contributed by atoms with E-state index >= 15 is 0 Å². The standard InChI is InChI=1S/C20H22N2O3S/c1-15-4-6-16(7-5-15)19(14-20(21)23)17-8-10-18(11-9-17)26(24,25)22-12-2-3-13-22/h4-11,14H,2-3,12-13H2,1H3,(H2,21,23). The molecule has 1 fully saturated rings. The Kier molecular flexibility index (Phi) is 5.25. The average molecular weight is 370 g/mol. The van der Waals surface area contributed by atoms with Crippen molar-refractivity contribution < 1.29 is 13.2 Å². The van der Waals surface area contributed by atoms with E-state index in [0.29, 0.717) is 18.7 Å². The molecular formula is C20H22N2O3S. The lowest BCUT2D eigenvalue weighted by Crippen LogP contribution is -2.27. The molecule has 3 rings (SSSR count). The highest BCUT2D eigenvalue weighted by Crippen LogP contribution is 2.27. The third-order valence-electron chi connectivity index (χ3n) is 4.52. The lowest BCUT2D eigenvalue weighted by Gasteiger charge is -2.16. The molecule has 136 valence electrons. The Morgan fingerprint density at radius 1 is 0.962 bits per heavy atom. The average Bonchev–Trinajstić information content (AvgIpc) is 3.16. The van der Waals surface area contributed by atoms with Crippen molar-refractivity contribution in [3.63, 3.8) is 0 Å². The van der Waals surface area contributed by atoms with Crippen LogP contribution in [0.1, 0.15) is 29.5 Å². The van der Waals surface area contributed by atoms with Gasteiger partial charge in [0, 0.05) is 19.2 Å². The molecule has 0 radical (unpaired) electrons. The number of benzene rings is 2. The molecule has 0 aliphatic carbocycles. The maximum Gasteiger partial charge on any atom is 0.243 e. The first-order valence-corrected chi connectivity index (χ1v) is 10.0. The first kappa shape index (κ1) is 18.4. The summed E-state index contributed by atoms with van der Waals surface area (Å²) in [4.78, 5) is 11.7. The van der Waals surface area contributed by atoms with Crippen molar-refractivity contribution in [2.24, 2.45) is 5.73 Å². The Balaban J connectivity index is 1.96. The van der Waals surface area contributed by atoms with Crippen LogP contribution in [0.25, 0.3) is 5.57 Å². The van der Waals surface area contributed by atoms with E-state index < -0.39 is 15.9 Å². The van der Waals surface area contributed by atoms with Gasteiger partial charge in [-0.2, -0.15) is 4.31 Å². The summed E-state index contributed by atoms with van der Waals surface area (Å²) in [5, 5.41) is 0. The number of nitrogens with zero attached hydrogens (tertiary/aromatic N) is 1. The molecule has 0 unspecified atom stereocenters. The Hall–Kier alpha value is -2.44. The molecule has 0 bridgehead atoms. The Labute approximate surface area is 154 Å². The van der Waals surface area contributed by atoms with Gasteiger partial charge in [-0.15, -0.1) is 0 Å². The van der Waals surface area contributed by atoms with Gasteiger partial charge in [-0.3, -0.25) is 4.79 Å². The molecule has 0 aromatic heterocycles. The minimum Gasteiger partial charge on any atom is -0.366 e. The fourth-order valence-corrected chi connectivity index (χ4v) is 4.61. The van der Waals surface area contributed by atoms with Gasteiger partial charge in [0.15, 0.2) is 0 Å². The number of primary amides is 1. The van der Waals surface area contributed by atoms with Crippen molar-refractivity contribution in [2.45, 2.75) is 24.7 Å². The maximum absolute atomic E-state index is 12.6. The predicted molar refractivity (Wildman–Crippen MR) is 102 cm³/mol. The molecule has 2 aromatic carbocycles. The van der Waals surface area contributed by atoms with Crippen LogP contribution in [0, 0.1) is 6.92 Å². The minimum absolute atomic E-state index is 0.269. The van der Waals surface area contributed by atoms with Crippen LogP contribution in [0.5, 0.6) is 0 Å². The molecule has 26 heavy (non-hydrogen) atoms. The molecule has 0 spiro atoms. The first-order valence-electron chi connectivity index (χ1n) is 8.57. The van der Waals surface area contributed by atoms with Crippen LogP contribution < -0.4 is 5.73 Å². The van der Waals surface area contributed by atoms with Gasteiger partial charge in [0.2, 0.25) is 15.9 Å². The summed E-state index contributed by atoms with van der Waals surface area (Å²) in [6.07, 6.45) is 3.17. The topological polar surface area (TPSA) is 80.5 Å². The Morgan fingerprint density at radius 3 is 1.96 bits per heavy atom. The minimum atomic E-state index is -3.45. The summed E-state index contributed by atoms with van der Waals surface area (Å²) in [6.45, 7) is 3.12. The third kappa shape index (κ3) is 3.86. The fourth-order valence-electron chi connectivity index (χ4n) is 3.09. The zero-order valence-corrected chi connectivity index (χ0v) is 15.5. The molecular weight excluding hydrogens is 348 g/mol. The quantitative estimate of drug-likeness (QED) is 0.822. The summed E-state index contributed by atoms with van der Waals surface area (Å²) in [6, 6.07) is 14.4. The van der Waals surface area contributed by atoms with Gasteiger partial charge >= 0.3 is 0 Å². The summed E-state index contributed by atoms with van der Waals surface area (Å²) in [7, 11) is -3.45. The highest BCUT2D eigenvalue weighted by Gasteiger charge is 2.27. The summed E-state index contributed by atoms with van der Waals surface area (Å²) in [5.74, 6) is -0.547. The maximum atomic E-state index is 12.6. The zero-order chi connectivity index (χ0) is 18.7. The van der Waals surface area contributed by atoms with Gasteiger partial charge in [0.1, 0.15) is 0 Å². The molecule has 2 aromatic rings. The number of hydrogen-bond acceptors (Lipinski definition) is 3. The highest BCUT2D eigenvalue weighted by molar-refractivity contribution is 7.89. The SMILES string of the molecule is Cc1ccc(C(=CC(N)=O)c2ccc(S(=O)(=O)N3CCCC3)cc2)cc1. The second kappa shape index (κ2) is 7.43.